The number of carbonyl (C=O) groups is 1. The van der Waals surface area contributed by atoms with E-state index in [1.54, 1.807) is 12.3 Å². The van der Waals surface area contributed by atoms with Gasteiger partial charge in [-0.25, -0.2) is 4.39 Å². The van der Waals surface area contributed by atoms with Gasteiger partial charge in [0.15, 0.2) is 0 Å². The van der Waals surface area contributed by atoms with Crippen LogP contribution in [0, 0.1) is 17.2 Å². The zero-order chi connectivity index (χ0) is 23.6. The molecule has 1 aromatic rings. The predicted octanol–water partition coefficient (Wildman–Crippen LogP) is 5.92. The number of nitrogens with zero attached hydrogens (tertiary/aromatic N) is 1. The number of piperidine rings is 1. The van der Waals surface area contributed by atoms with E-state index < -0.39 is 23.3 Å². The molecule has 0 atom stereocenters. The largest absolute Gasteiger partial charge is 0.493 e. The second-order valence-corrected chi connectivity index (χ2v) is 10.4. The van der Waals surface area contributed by atoms with Crippen LogP contribution >= 0.6 is 11.9 Å². The molecule has 1 amide bonds. The lowest BCUT2D eigenvalue weighted by molar-refractivity contribution is -0.228. The summed E-state index contributed by atoms with van der Waals surface area (Å²) in [6.07, 6.45) is 2.86. The van der Waals surface area contributed by atoms with E-state index in [9.17, 15) is 22.4 Å². The fraction of sp³-hybridized carbons (Fsp3) is 0.708. The SMILES string of the molecule is CSNC(=O)c1cc(C2CC2)c(OCC2CCN(CC3(C(F)(F)F)CCCC3)CC2)cc1F. The van der Waals surface area contributed by atoms with Crippen LogP contribution in [-0.2, 0) is 0 Å². The van der Waals surface area contributed by atoms with Gasteiger partial charge in [0.05, 0.1) is 17.6 Å². The molecule has 2 saturated carbocycles. The van der Waals surface area contributed by atoms with Gasteiger partial charge in [-0.3, -0.25) is 9.52 Å². The monoisotopic (exact) mass is 488 g/mol. The summed E-state index contributed by atoms with van der Waals surface area (Å²) in [6, 6.07) is 2.92. The molecule has 0 spiro atoms. The van der Waals surface area contributed by atoms with Gasteiger partial charge >= 0.3 is 6.18 Å². The Bertz CT molecular complexity index is 846. The van der Waals surface area contributed by atoms with E-state index in [0.29, 0.717) is 38.3 Å². The van der Waals surface area contributed by atoms with Crippen molar-refractivity contribution in [3.8, 4) is 5.75 Å². The average molecular weight is 489 g/mol. The zero-order valence-corrected chi connectivity index (χ0v) is 19.8. The van der Waals surface area contributed by atoms with Gasteiger partial charge in [0, 0.05) is 18.9 Å². The van der Waals surface area contributed by atoms with Gasteiger partial charge in [-0.15, -0.1) is 0 Å². The van der Waals surface area contributed by atoms with Crippen LogP contribution in [0.4, 0.5) is 17.6 Å². The maximum Gasteiger partial charge on any atom is 0.395 e. The zero-order valence-electron chi connectivity index (χ0n) is 19.0. The lowest BCUT2D eigenvalue weighted by atomic mass is 9.83. The Kier molecular flexibility index (Phi) is 7.48. The smallest absolute Gasteiger partial charge is 0.395 e. The van der Waals surface area contributed by atoms with E-state index in [2.05, 4.69) is 4.72 Å². The van der Waals surface area contributed by atoms with Gasteiger partial charge in [-0.2, -0.15) is 13.2 Å². The highest BCUT2D eigenvalue weighted by Gasteiger charge is 2.56. The number of likely N-dealkylation sites (tertiary alicyclic amines) is 1. The molecule has 0 radical (unpaired) electrons. The Morgan fingerprint density at radius 3 is 2.42 bits per heavy atom. The van der Waals surface area contributed by atoms with Crippen LogP contribution in [-0.4, -0.2) is 49.5 Å². The molecular weight excluding hydrogens is 456 g/mol. The standard InChI is InChI=1S/C24H32F4N2O2S/c1-33-29-22(31)19-12-18(17-4-5-17)21(13-20(19)25)32-14-16-6-10-30(11-7-16)15-23(24(26,27)28)8-2-3-9-23/h12-13,16-17H,2-11,14-15H2,1H3,(H,29,31). The molecule has 1 aromatic carbocycles. The minimum Gasteiger partial charge on any atom is -0.493 e. The minimum absolute atomic E-state index is 0.0254. The summed E-state index contributed by atoms with van der Waals surface area (Å²) >= 11 is 1.12. The summed E-state index contributed by atoms with van der Waals surface area (Å²) in [7, 11) is 0. The summed E-state index contributed by atoms with van der Waals surface area (Å²) in [5.74, 6) is -0.0703. The van der Waals surface area contributed by atoms with Crippen LogP contribution < -0.4 is 9.46 Å². The van der Waals surface area contributed by atoms with Crippen molar-refractivity contribution < 1.29 is 27.1 Å². The molecule has 1 aliphatic heterocycles. The molecule has 1 saturated heterocycles. The molecule has 0 bridgehead atoms. The van der Waals surface area contributed by atoms with E-state index in [1.807, 2.05) is 4.90 Å². The van der Waals surface area contributed by atoms with Crippen LogP contribution in [0.1, 0.15) is 73.2 Å². The van der Waals surface area contributed by atoms with Crippen molar-refractivity contribution in [2.45, 2.75) is 63.5 Å². The Morgan fingerprint density at radius 2 is 1.85 bits per heavy atom. The Labute approximate surface area is 196 Å². The minimum atomic E-state index is -4.15. The summed E-state index contributed by atoms with van der Waals surface area (Å²) in [4.78, 5) is 14.1. The van der Waals surface area contributed by atoms with Crippen molar-refractivity contribution in [3.05, 3.63) is 29.1 Å². The van der Waals surface area contributed by atoms with E-state index in [4.69, 9.17) is 4.74 Å². The van der Waals surface area contributed by atoms with Crippen LogP contribution in [0.15, 0.2) is 12.1 Å². The van der Waals surface area contributed by atoms with Crippen LogP contribution in [0.25, 0.3) is 0 Å². The highest BCUT2D eigenvalue weighted by molar-refractivity contribution is 7.97. The van der Waals surface area contributed by atoms with Crippen molar-refractivity contribution >= 4 is 17.9 Å². The van der Waals surface area contributed by atoms with Gasteiger partial charge in [0.1, 0.15) is 11.6 Å². The van der Waals surface area contributed by atoms with Crippen molar-refractivity contribution in [2.24, 2.45) is 11.3 Å². The maximum absolute atomic E-state index is 14.6. The van der Waals surface area contributed by atoms with E-state index in [-0.39, 0.29) is 36.8 Å². The molecule has 3 fully saturated rings. The van der Waals surface area contributed by atoms with Crippen molar-refractivity contribution in [1.29, 1.82) is 0 Å². The molecular formula is C24H32F4N2O2S. The summed E-state index contributed by atoms with van der Waals surface area (Å²) in [5, 5.41) is 0. The third kappa shape index (κ3) is 5.61. The number of halogens is 4. The van der Waals surface area contributed by atoms with Crippen LogP contribution in [0.5, 0.6) is 5.75 Å². The first-order chi connectivity index (χ1) is 15.7. The number of benzene rings is 1. The van der Waals surface area contributed by atoms with Gasteiger partial charge in [-0.05, 0) is 75.1 Å². The van der Waals surface area contributed by atoms with Gasteiger partial charge in [0.25, 0.3) is 5.91 Å². The van der Waals surface area contributed by atoms with Crippen molar-refractivity contribution in [1.82, 2.24) is 9.62 Å². The first-order valence-corrected chi connectivity index (χ1v) is 13.0. The van der Waals surface area contributed by atoms with Crippen LogP contribution in [0.2, 0.25) is 0 Å². The molecule has 4 nitrogen and oxygen atoms in total. The number of rotatable bonds is 8. The fourth-order valence-electron chi connectivity index (χ4n) is 5.26. The number of carbonyl (C=O) groups excluding carboxylic acids is 1. The number of alkyl halides is 3. The Balaban J connectivity index is 1.33. The summed E-state index contributed by atoms with van der Waals surface area (Å²) in [5.41, 5.74) is -0.650. The average Bonchev–Trinajstić information content (AvgIpc) is 3.50. The van der Waals surface area contributed by atoms with E-state index in [0.717, 1.165) is 43.2 Å². The topological polar surface area (TPSA) is 41.6 Å². The molecule has 3 aliphatic rings. The first kappa shape index (κ1) is 24.6. The number of nitrogens with one attached hydrogen (secondary N) is 1. The molecule has 2 aliphatic carbocycles. The fourth-order valence-corrected chi connectivity index (χ4v) is 5.56. The van der Waals surface area contributed by atoms with Gasteiger partial charge in [-0.1, -0.05) is 24.8 Å². The summed E-state index contributed by atoms with van der Waals surface area (Å²) in [6.45, 7) is 1.77. The van der Waals surface area contributed by atoms with Gasteiger partial charge in [0.2, 0.25) is 0 Å². The highest BCUT2D eigenvalue weighted by atomic mass is 32.2. The number of amides is 1. The number of hydrogen-bond acceptors (Lipinski definition) is 4. The van der Waals surface area contributed by atoms with Crippen LogP contribution in [0.3, 0.4) is 0 Å². The lowest BCUT2D eigenvalue weighted by Gasteiger charge is -2.40. The molecule has 1 N–H and O–H groups in total. The van der Waals surface area contributed by atoms with Crippen molar-refractivity contribution in [3.63, 3.8) is 0 Å². The quantitative estimate of drug-likeness (QED) is 0.364. The first-order valence-electron chi connectivity index (χ1n) is 11.8. The maximum atomic E-state index is 14.6. The highest BCUT2D eigenvalue weighted by Crippen LogP contribution is 2.51. The molecule has 0 unspecified atom stereocenters. The molecule has 33 heavy (non-hydrogen) atoms. The summed E-state index contributed by atoms with van der Waals surface area (Å²) < 4.78 is 64.3. The Morgan fingerprint density at radius 1 is 1.18 bits per heavy atom. The third-order valence-corrected chi connectivity index (χ3v) is 7.82. The second-order valence-electron chi connectivity index (χ2n) is 9.80. The lowest BCUT2D eigenvalue weighted by Crippen LogP contribution is -2.48. The molecule has 184 valence electrons. The normalized spacial score (nSPS) is 21.8. The molecule has 1 heterocycles. The molecule has 0 aromatic heterocycles. The third-order valence-electron chi connectivity index (χ3n) is 7.43. The van der Waals surface area contributed by atoms with E-state index in [1.165, 1.54) is 6.07 Å². The number of ether oxygens (including phenoxy) is 1. The second kappa shape index (κ2) is 10.0. The van der Waals surface area contributed by atoms with Crippen molar-refractivity contribution in [2.75, 3.05) is 32.5 Å². The Hall–Kier alpha value is -1.48. The van der Waals surface area contributed by atoms with E-state index >= 15 is 0 Å². The number of hydrogen-bond donors (Lipinski definition) is 1. The predicted molar refractivity (Wildman–Crippen MR) is 121 cm³/mol. The molecule has 4 rings (SSSR count). The molecule has 9 heteroatoms. The van der Waals surface area contributed by atoms with Gasteiger partial charge < -0.3 is 9.64 Å².